The molecule has 0 atom stereocenters. The van der Waals surface area contributed by atoms with Gasteiger partial charge in [0.15, 0.2) is 5.69 Å². The predicted octanol–water partition coefficient (Wildman–Crippen LogP) is 2.36. The molecule has 2 aromatic rings. The number of piperazine rings is 1. The molecule has 0 bridgehead atoms. The molecule has 134 valence electrons. The van der Waals surface area contributed by atoms with Gasteiger partial charge < -0.3 is 14.6 Å². The van der Waals surface area contributed by atoms with Crippen molar-refractivity contribution in [2.45, 2.75) is 27.3 Å². The zero-order valence-corrected chi connectivity index (χ0v) is 15.2. The van der Waals surface area contributed by atoms with Crippen LogP contribution < -0.4 is 10.2 Å². The molecule has 1 aliphatic heterocycles. The Morgan fingerprint density at radius 1 is 1.20 bits per heavy atom. The summed E-state index contributed by atoms with van der Waals surface area (Å²) >= 11 is 0. The number of carbonyl (C=O) groups excluding carboxylic acids is 1. The van der Waals surface area contributed by atoms with Crippen molar-refractivity contribution in [3.05, 3.63) is 47.2 Å². The van der Waals surface area contributed by atoms with E-state index in [1.807, 2.05) is 6.92 Å². The van der Waals surface area contributed by atoms with Crippen LogP contribution in [0.2, 0.25) is 0 Å². The first kappa shape index (κ1) is 17.5. The van der Waals surface area contributed by atoms with Gasteiger partial charge in [0.05, 0.1) is 6.54 Å². The van der Waals surface area contributed by atoms with Gasteiger partial charge in [0.25, 0.3) is 5.91 Å². The third-order valence-corrected chi connectivity index (χ3v) is 4.71. The van der Waals surface area contributed by atoms with E-state index in [1.54, 1.807) is 0 Å². The summed E-state index contributed by atoms with van der Waals surface area (Å²) in [6.45, 7) is 11.3. The number of hydrogen-bond donors (Lipinski definition) is 1. The van der Waals surface area contributed by atoms with Gasteiger partial charge in [-0.15, -0.1) is 0 Å². The number of nitrogens with zero attached hydrogens (tertiary/aromatic N) is 3. The average molecular weight is 342 g/mol. The number of anilines is 1. The predicted molar refractivity (Wildman–Crippen MR) is 97.9 cm³/mol. The summed E-state index contributed by atoms with van der Waals surface area (Å²) in [5, 5.41) is 2.73. The van der Waals surface area contributed by atoms with E-state index in [2.05, 4.69) is 52.1 Å². The minimum atomic E-state index is -0.183. The molecular weight excluding hydrogens is 316 g/mol. The standard InChI is InChI=1S/C19H26N4O2/c1-4-20-19(24)17-13-25-18(21-17)12-22-7-9-23(10-8-22)16-6-5-14(2)15(3)11-16/h5-6,11,13H,4,7-10,12H2,1-3H3,(H,20,24). The molecule has 1 amide bonds. The highest BCUT2D eigenvalue weighted by atomic mass is 16.3. The van der Waals surface area contributed by atoms with Crippen molar-refractivity contribution in [3.63, 3.8) is 0 Å². The van der Waals surface area contributed by atoms with Crippen molar-refractivity contribution in [2.24, 2.45) is 0 Å². The van der Waals surface area contributed by atoms with Gasteiger partial charge in [-0.05, 0) is 44.0 Å². The first-order valence-electron chi connectivity index (χ1n) is 8.84. The number of rotatable bonds is 5. The van der Waals surface area contributed by atoms with Gasteiger partial charge in [-0.2, -0.15) is 0 Å². The molecule has 1 fully saturated rings. The Balaban J connectivity index is 1.54. The lowest BCUT2D eigenvalue weighted by atomic mass is 10.1. The lowest BCUT2D eigenvalue weighted by Crippen LogP contribution is -2.46. The largest absolute Gasteiger partial charge is 0.447 e. The first-order chi connectivity index (χ1) is 12.1. The maximum Gasteiger partial charge on any atom is 0.273 e. The Morgan fingerprint density at radius 3 is 2.64 bits per heavy atom. The molecule has 0 unspecified atom stereocenters. The number of oxazole rings is 1. The number of benzene rings is 1. The quantitative estimate of drug-likeness (QED) is 0.904. The van der Waals surface area contributed by atoms with Crippen LogP contribution >= 0.6 is 0 Å². The average Bonchev–Trinajstić information content (AvgIpc) is 3.07. The van der Waals surface area contributed by atoms with Gasteiger partial charge in [-0.1, -0.05) is 6.07 Å². The molecule has 0 saturated carbocycles. The van der Waals surface area contributed by atoms with Crippen LogP contribution in [0, 0.1) is 13.8 Å². The molecular formula is C19H26N4O2. The van der Waals surface area contributed by atoms with Gasteiger partial charge in [-0.3, -0.25) is 9.69 Å². The molecule has 1 aliphatic rings. The van der Waals surface area contributed by atoms with Crippen molar-refractivity contribution in [1.82, 2.24) is 15.2 Å². The van der Waals surface area contributed by atoms with E-state index < -0.39 is 0 Å². The van der Waals surface area contributed by atoms with Gasteiger partial charge in [0.1, 0.15) is 6.26 Å². The highest BCUT2D eigenvalue weighted by Gasteiger charge is 2.20. The fourth-order valence-electron chi connectivity index (χ4n) is 3.02. The summed E-state index contributed by atoms with van der Waals surface area (Å²) < 4.78 is 5.45. The van der Waals surface area contributed by atoms with Crippen LogP contribution in [0.1, 0.15) is 34.4 Å². The highest BCUT2D eigenvalue weighted by molar-refractivity contribution is 5.91. The fraction of sp³-hybridized carbons (Fsp3) is 0.474. The molecule has 1 saturated heterocycles. The maximum absolute atomic E-state index is 11.7. The van der Waals surface area contributed by atoms with Crippen molar-refractivity contribution in [1.29, 1.82) is 0 Å². The monoisotopic (exact) mass is 342 g/mol. The van der Waals surface area contributed by atoms with E-state index in [0.717, 1.165) is 26.2 Å². The minimum Gasteiger partial charge on any atom is -0.447 e. The van der Waals surface area contributed by atoms with Crippen molar-refractivity contribution in [3.8, 4) is 0 Å². The Labute approximate surface area is 148 Å². The van der Waals surface area contributed by atoms with Crippen LogP contribution in [-0.4, -0.2) is 48.5 Å². The normalized spacial score (nSPS) is 15.4. The number of amides is 1. The summed E-state index contributed by atoms with van der Waals surface area (Å²) in [5.41, 5.74) is 4.30. The number of aromatic nitrogens is 1. The Bertz CT molecular complexity index is 733. The lowest BCUT2D eigenvalue weighted by molar-refractivity contribution is 0.0950. The summed E-state index contributed by atoms with van der Waals surface area (Å²) in [5.74, 6) is 0.415. The molecule has 25 heavy (non-hydrogen) atoms. The Kier molecular flexibility index (Phi) is 5.38. The van der Waals surface area contributed by atoms with E-state index in [1.165, 1.54) is 23.1 Å². The molecule has 0 aliphatic carbocycles. The molecule has 1 aromatic heterocycles. The second-order valence-electron chi connectivity index (χ2n) is 6.52. The Hall–Kier alpha value is -2.34. The van der Waals surface area contributed by atoms with Crippen LogP contribution in [0.3, 0.4) is 0 Å². The van der Waals surface area contributed by atoms with Gasteiger partial charge >= 0.3 is 0 Å². The third-order valence-electron chi connectivity index (χ3n) is 4.71. The third kappa shape index (κ3) is 4.20. The molecule has 0 spiro atoms. The molecule has 3 rings (SSSR count). The topological polar surface area (TPSA) is 61.6 Å². The molecule has 1 N–H and O–H groups in total. The van der Waals surface area contributed by atoms with Crippen LogP contribution in [0.15, 0.2) is 28.9 Å². The fourth-order valence-corrected chi connectivity index (χ4v) is 3.02. The van der Waals surface area contributed by atoms with Crippen LogP contribution in [0.5, 0.6) is 0 Å². The summed E-state index contributed by atoms with van der Waals surface area (Å²) in [6, 6.07) is 6.65. The van der Waals surface area contributed by atoms with E-state index in [4.69, 9.17) is 4.42 Å². The van der Waals surface area contributed by atoms with E-state index >= 15 is 0 Å². The molecule has 0 radical (unpaired) electrons. The highest BCUT2D eigenvalue weighted by Crippen LogP contribution is 2.20. The maximum atomic E-state index is 11.7. The second kappa shape index (κ2) is 7.70. The van der Waals surface area contributed by atoms with Crippen LogP contribution in [0.4, 0.5) is 5.69 Å². The van der Waals surface area contributed by atoms with Crippen molar-refractivity contribution in [2.75, 3.05) is 37.6 Å². The van der Waals surface area contributed by atoms with Gasteiger partial charge in [0, 0.05) is 38.4 Å². The minimum absolute atomic E-state index is 0.183. The van der Waals surface area contributed by atoms with Crippen molar-refractivity contribution < 1.29 is 9.21 Å². The summed E-state index contributed by atoms with van der Waals surface area (Å²) in [7, 11) is 0. The van der Waals surface area contributed by atoms with Crippen LogP contribution in [0.25, 0.3) is 0 Å². The number of hydrogen-bond acceptors (Lipinski definition) is 5. The zero-order valence-electron chi connectivity index (χ0n) is 15.2. The molecule has 2 heterocycles. The van der Waals surface area contributed by atoms with Crippen LogP contribution in [-0.2, 0) is 6.54 Å². The number of aryl methyl sites for hydroxylation is 2. The molecule has 1 aromatic carbocycles. The van der Waals surface area contributed by atoms with Gasteiger partial charge in [-0.25, -0.2) is 4.98 Å². The smallest absolute Gasteiger partial charge is 0.273 e. The van der Waals surface area contributed by atoms with Gasteiger partial charge in [0.2, 0.25) is 5.89 Å². The number of carbonyl (C=O) groups is 1. The van der Waals surface area contributed by atoms with E-state index in [-0.39, 0.29) is 5.91 Å². The SMILES string of the molecule is CCNC(=O)c1coc(CN2CCN(c3ccc(C)c(C)c3)CC2)n1. The summed E-state index contributed by atoms with van der Waals surface area (Å²) in [4.78, 5) is 20.8. The molecule has 6 heteroatoms. The Morgan fingerprint density at radius 2 is 1.96 bits per heavy atom. The molecule has 6 nitrogen and oxygen atoms in total. The van der Waals surface area contributed by atoms with E-state index in [9.17, 15) is 4.79 Å². The summed E-state index contributed by atoms with van der Waals surface area (Å²) in [6.07, 6.45) is 1.44. The lowest BCUT2D eigenvalue weighted by Gasteiger charge is -2.35. The zero-order chi connectivity index (χ0) is 17.8. The van der Waals surface area contributed by atoms with E-state index in [0.29, 0.717) is 24.7 Å². The number of nitrogens with one attached hydrogen (secondary N) is 1. The van der Waals surface area contributed by atoms with Crippen molar-refractivity contribution >= 4 is 11.6 Å². The second-order valence-corrected chi connectivity index (χ2v) is 6.52. The first-order valence-corrected chi connectivity index (χ1v) is 8.84.